The fourth-order valence-corrected chi connectivity index (χ4v) is 3.08. The van der Waals surface area contributed by atoms with Gasteiger partial charge in [-0.2, -0.15) is 5.10 Å². The van der Waals surface area contributed by atoms with E-state index in [4.69, 9.17) is 26.4 Å². The van der Waals surface area contributed by atoms with E-state index in [2.05, 4.69) is 15.8 Å². The molecule has 3 aromatic carbocycles. The third-order valence-corrected chi connectivity index (χ3v) is 4.64. The van der Waals surface area contributed by atoms with Crippen LogP contribution in [0.25, 0.3) is 0 Å². The van der Waals surface area contributed by atoms with Gasteiger partial charge in [0, 0.05) is 5.69 Å². The Balaban J connectivity index is 1.60. The molecule has 0 spiro atoms. The second kappa shape index (κ2) is 11.6. The molecule has 170 valence electrons. The summed E-state index contributed by atoms with van der Waals surface area (Å²) < 4.78 is 16.3. The number of aryl methyl sites for hydroxylation is 1. The summed E-state index contributed by atoms with van der Waals surface area (Å²) in [5, 5.41) is 7.57. The van der Waals surface area contributed by atoms with E-state index in [0.717, 1.165) is 16.8 Å². The first-order chi connectivity index (χ1) is 16.0. The molecule has 0 aromatic heterocycles. The number of ether oxygens (including phenoxy) is 3. The van der Waals surface area contributed by atoms with Crippen LogP contribution in [0.2, 0.25) is 0 Å². The molecule has 7 nitrogen and oxygen atoms in total. The summed E-state index contributed by atoms with van der Waals surface area (Å²) in [4.78, 5) is 12.5. The number of hydrazone groups is 1. The molecule has 3 aromatic rings. The van der Waals surface area contributed by atoms with Gasteiger partial charge in [-0.3, -0.25) is 5.43 Å². The maximum absolute atomic E-state index is 12.5. The Hall–Kier alpha value is -3.91. The lowest BCUT2D eigenvalue weighted by Gasteiger charge is -2.10. The van der Waals surface area contributed by atoms with Gasteiger partial charge in [0.05, 0.1) is 25.5 Å². The van der Waals surface area contributed by atoms with E-state index < -0.39 is 5.97 Å². The molecule has 0 amide bonds. The van der Waals surface area contributed by atoms with Gasteiger partial charge in [-0.25, -0.2) is 4.79 Å². The molecule has 0 saturated carbocycles. The van der Waals surface area contributed by atoms with E-state index in [-0.39, 0.29) is 0 Å². The third-order valence-electron chi connectivity index (χ3n) is 4.45. The van der Waals surface area contributed by atoms with Crippen molar-refractivity contribution >= 4 is 35.2 Å². The van der Waals surface area contributed by atoms with Crippen molar-refractivity contribution in [3.8, 4) is 17.2 Å². The zero-order valence-corrected chi connectivity index (χ0v) is 19.4. The smallest absolute Gasteiger partial charge is 0.343 e. The minimum absolute atomic E-state index is 0.304. The number of carbonyl (C=O) groups is 1. The molecule has 0 aliphatic heterocycles. The number of nitrogens with one attached hydrogen (secondary N) is 2. The van der Waals surface area contributed by atoms with Crippen molar-refractivity contribution in [2.24, 2.45) is 5.10 Å². The molecule has 33 heavy (non-hydrogen) atoms. The second-order valence-electron chi connectivity index (χ2n) is 6.95. The number of methoxy groups -OCH3 is 1. The number of benzene rings is 3. The van der Waals surface area contributed by atoms with E-state index in [0.29, 0.717) is 34.5 Å². The first kappa shape index (κ1) is 23.7. The normalized spacial score (nSPS) is 10.5. The summed E-state index contributed by atoms with van der Waals surface area (Å²) in [6.07, 6.45) is 1.59. The zero-order chi connectivity index (χ0) is 23.6. The number of esters is 1. The Labute approximate surface area is 198 Å². The summed E-state index contributed by atoms with van der Waals surface area (Å²) in [7, 11) is 1.50. The number of carbonyl (C=O) groups excluding carboxylic acids is 1. The molecule has 0 bridgehead atoms. The van der Waals surface area contributed by atoms with Crippen LogP contribution >= 0.6 is 12.2 Å². The Kier molecular flexibility index (Phi) is 8.37. The van der Waals surface area contributed by atoms with Gasteiger partial charge in [0.15, 0.2) is 16.6 Å². The highest BCUT2D eigenvalue weighted by Gasteiger charge is 2.13. The highest BCUT2D eigenvalue weighted by atomic mass is 32.1. The fraction of sp³-hybridized carbons (Fsp3) is 0.160. The summed E-state index contributed by atoms with van der Waals surface area (Å²) in [5.41, 5.74) is 5.92. The van der Waals surface area contributed by atoms with Crippen LogP contribution in [0.1, 0.15) is 28.4 Å². The number of anilines is 1. The van der Waals surface area contributed by atoms with Crippen LogP contribution in [0.4, 0.5) is 5.69 Å². The summed E-state index contributed by atoms with van der Waals surface area (Å²) >= 11 is 5.25. The summed E-state index contributed by atoms with van der Waals surface area (Å²) in [6, 6.07) is 19.7. The van der Waals surface area contributed by atoms with Gasteiger partial charge in [0.25, 0.3) is 0 Å². The number of hydrogen-bond acceptors (Lipinski definition) is 6. The zero-order valence-electron chi connectivity index (χ0n) is 18.6. The third kappa shape index (κ3) is 7.05. The largest absolute Gasteiger partial charge is 0.494 e. The maximum atomic E-state index is 12.5. The Morgan fingerprint density at radius 3 is 2.55 bits per heavy atom. The van der Waals surface area contributed by atoms with Crippen molar-refractivity contribution in [2.45, 2.75) is 13.8 Å². The van der Waals surface area contributed by atoms with E-state index in [1.54, 1.807) is 48.7 Å². The van der Waals surface area contributed by atoms with Crippen LogP contribution in [-0.2, 0) is 0 Å². The SMILES string of the molecule is CCOc1ccc(C(=O)Oc2ccc(/C=N/NC(=S)Nc3cccc(C)c3)cc2OC)cc1. The minimum atomic E-state index is -0.494. The van der Waals surface area contributed by atoms with E-state index in [1.807, 2.05) is 38.1 Å². The molecule has 0 unspecified atom stereocenters. The highest BCUT2D eigenvalue weighted by Crippen LogP contribution is 2.28. The number of nitrogens with zero attached hydrogens (tertiary/aromatic N) is 1. The molecular weight excluding hydrogens is 438 g/mol. The molecule has 8 heteroatoms. The predicted molar refractivity (Wildman–Crippen MR) is 134 cm³/mol. The monoisotopic (exact) mass is 463 g/mol. The van der Waals surface area contributed by atoms with Crippen LogP contribution < -0.4 is 25.0 Å². The molecule has 0 fully saturated rings. The van der Waals surface area contributed by atoms with Crippen LogP contribution in [0.5, 0.6) is 17.2 Å². The van der Waals surface area contributed by atoms with Crippen molar-refractivity contribution in [3.63, 3.8) is 0 Å². The molecule has 0 aliphatic rings. The second-order valence-corrected chi connectivity index (χ2v) is 7.36. The van der Waals surface area contributed by atoms with Crippen molar-refractivity contribution < 1.29 is 19.0 Å². The first-order valence-electron chi connectivity index (χ1n) is 10.3. The van der Waals surface area contributed by atoms with Gasteiger partial charge in [-0.15, -0.1) is 0 Å². The standard InChI is InChI=1S/C25H25N3O4S/c1-4-31-21-11-9-19(10-12-21)24(29)32-22-13-8-18(15-23(22)30-3)16-26-28-25(33)27-20-7-5-6-17(2)14-20/h5-16H,4H2,1-3H3,(H2,27,28,33)/b26-16+. The Bertz CT molecular complexity index is 1150. The summed E-state index contributed by atoms with van der Waals surface area (Å²) in [6.45, 7) is 4.46. The molecule has 0 aliphatic carbocycles. The van der Waals surface area contributed by atoms with Gasteiger partial charge in [0.1, 0.15) is 5.75 Å². The van der Waals surface area contributed by atoms with E-state index in [1.165, 1.54) is 7.11 Å². The van der Waals surface area contributed by atoms with E-state index >= 15 is 0 Å². The van der Waals surface area contributed by atoms with Gasteiger partial charge in [-0.05, 0) is 91.8 Å². The van der Waals surface area contributed by atoms with Crippen LogP contribution in [0.15, 0.2) is 71.8 Å². The predicted octanol–water partition coefficient (Wildman–Crippen LogP) is 4.94. The van der Waals surface area contributed by atoms with Crippen LogP contribution in [0.3, 0.4) is 0 Å². The van der Waals surface area contributed by atoms with Gasteiger partial charge in [0.2, 0.25) is 0 Å². The van der Waals surface area contributed by atoms with Crippen LogP contribution in [-0.4, -0.2) is 31.0 Å². The molecule has 2 N–H and O–H groups in total. The molecule has 0 radical (unpaired) electrons. The Morgan fingerprint density at radius 1 is 1.06 bits per heavy atom. The van der Waals surface area contributed by atoms with Gasteiger partial charge in [-0.1, -0.05) is 12.1 Å². The number of rotatable bonds is 8. The molecule has 0 atom stereocenters. The fourth-order valence-electron chi connectivity index (χ4n) is 2.91. The maximum Gasteiger partial charge on any atom is 0.343 e. The lowest BCUT2D eigenvalue weighted by Crippen LogP contribution is -2.23. The number of hydrogen-bond donors (Lipinski definition) is 2. The average molecular weight is 464 g/mol. The quantitative estimate of drug-likeness (QED) is 0.161. The number of thiocarbonyl (C=S) groups is 1. The first-order valence-corrected chi connectivity index (χ1v) is 10.7. The topological polar surface area (TPSA) is 81.2 Å². The van der Waals surface area contributed by atoms with Gasteiger partial charge < -0.3 is 19.5 Å². The molecular formula is C25H25N3O4S. The van der Waals surface area contributed by atoms with Crippen molar-refractivity contribution in [1.29, 1.82) is 0 Å². The lowest BCUT2D eigenvalue weighted by molar-refractivity contribution is 0.0729. The van der Waals surface area contributed by atoms with Gasteiger partial charge >= 0.3 is 5.97 Å². The Morgan fingerprint density at radius 2 is 1.85 bits per heavy atom. The summed E-state index contributed by atoms with van der Waals surface area (Å²) in [5.74, 6) is 0.904. The molecule has 0 heterocycles. The van der Waals surface area contributed by atoms with Crippen molar-refractivity contribution in [3.05, 3.63) is 83.4 Å². The lowest BCUT2D eigenvalue weighted by atomic mass is 10.2. The van der Waals surface area contributed by atoms with Crippen molar-refractivity contribution in [1.82, 2.24) is 5.43 Å². The van der Waals surface area contributed by atoms with Crippen LogP contribution in [0, 0.1) is 6.92 Å². The molecule has 3 rings (SSSR count). The van der Waals surface area contributed by atoms with Crippen molar-refractivity contribution in [2.75, 3.05) is 19.0 Å². The minimum Gasteiger partial charge on any atom is -0.494 e. The average Bonchev–Trinajstić information content (AvgIpc) is 2.80. The van der Waals surface area contributed by atoms with E-state index in [9.17, 15) is 4.79 Å². The molecule has 0 saturated heterocycles. The highest BCUT2D eigenvalue weighted by molar-refractivity contribution is 7.80.